The van der Waals surface area contributed by atoms with Crippen LogP contribution in [0.25, 0.3) is 11.0 Å². The maximum atomic E-state index is 5.70. The summed E-state index contributed by atoms with van der Waals surface area (Å²) in [7, 11) is 0. The zero-order chi connectivity index (χ0) is 14.8. The average Bonchev–Trinajstić information content (AvgIpc) is 2.73. The Labute approximate surface area is 122 Å². The average molecular weight is 273 g/mol. The smallest absolute Gasteiger partial charge is 0.109 e. The van der Waals surface area contributed by atoms with E-state index in [0.29, 0.717) is 5.41 Å². The number of hydrogen-bond acceptors (Lipinski definition) is 2. The van der Waals surface area contributed by atoms with Crippen molar-refractivity contribution in [3.8, 4) is 0 Å². The molecule has 2 aromatic rings. The predicted octanol–water partition coefficient (Wildman–Crippen LogP) is 3.67. The molecule has 1 aromatic heterocycles. The summed E-state index contributed by atoms with van der Waals surface area (Å²) in [5.74, 6) is 1.21. The van der Waals surface area contributed by atoms with E-state index in [1.165, 1.54) is 16.9 Å². The van der Waals surface area contributed by atoms with Crippen molar-refractivity contribution in [2.45, 2.75) is 53.5 Å². The number of imidazole rings is 1. The minimum Gasteiger partial charge on any atom is -0.330 e. The van der Waals surface area contributed by atoms with Gasteiger partial charge in [0, 0.05) is 13.0 Å². The third kappa shape index (κ3) is 3.21. The highest BCUT2D eigenvalue weighted by Gasteiger charge is 2.18. The molecule has 2 rings (SSSR count). The number of aryl methyl sites for hydroxylation is 3. The molecule has 0 radical (unpaired) electrons. The van der Waals surface area contributed by atoms with Gasteiger partial charge in [-0.2, -0.15) is 0 Å². The van der Waals surface area contributed by atoms with Crippen molar-refractivity contribution >= 4 is 11.0 Å². The molecule has 2 N–H and O–H groups in total. The second-order valence-corrected chi connectivity index (χ2v) is 6.47. The van der Waals surface area contributed by atoms with E-state index in [2.05, 4.69) is 50.5 Å². The molecule has 0 atom stereocenters. The van der Waals surface area contributed by atoms with E-state index in [1.807, 2.05) is 0 Å². The van der Waals surface area contributed by atoms with E-state index < -0.39 is 0 Å². The van der Waals surface area contributed by atoms with Gasteiger partial charge in [0.1, 0.15) is 5.82 Å². The molecule has 0 unspecified atom stereocenters. The number of aromatic nitrogens is 2. The molecule has 0 aliphatic heterocycles. The van der Waals surface area contributed by atoms with E-state index in [9.17, 15) is 0 Å². The lowest BCUT2D eigenvalue weighted by Gasteiger charge is -2.23. The van der Waals surface area contributed by atoms with Gasteiger partial charge in [0.2, 0.25) is 0 Å². The van der Waals surface area contributed by atoms with Crippen LogP contribution in [0.15, 0.2) is 18.2 Å². The monoisotopic (exact) mass is 273 g/mol. The van der Waals surface area contributed by atoms with Gasteiger partial charge >= 0.3 is 0 Å². The van der Waals surface area contributed by atoms with E-state index >= 15 is 0 Å². The topological polar surface area (TPSA) is 43.8 Å². The Morgan fingerprint density at radius 2 is 2.00 bits per heavy atom. The van der Waals surface area contributed by atoms with Crippen LogP contribution in [0, 0.1) is 12.3 Å². The summed E-state index contributed by atoms with van der Waals surface area (Å²) in [6, 6.07) is 6.53. The zero-order valence-electron chi connectivity index (χ0n) is 13.2. The van der Waals surface area contributed by atoms with Gasteiger partial charge in [-0.3, -0.25) is 0 Å². The summed E-state index contributed by atoms with van der Waals surface area (Å²) in [4.78, 5) is 4.84. The molecule has 1 aromatic carbocycles. The molecule has 3 heteroatoms. The number of rotatable bonds is 6. The highest BCUT2D eigenvalue weighted by atomic mass is 15.1. The molecule has 0 amide bonds. The van der Waals surface area contributed by atoms with E-state index in [0.717, 1.165) is 37.9 Å². The first kappa shape index (κ1) is 15.0. The molecule has 1 heterocycles. The van der Waals surface area contributed by atoms with Gasteiger partial charge in [-0.05, 0) is 56.3 Å². The molecule has 3 nitrogen and oxygen atoms in total. The summed E-state index contributed by atoms with van der Waals surface area (Å²) in [6.45, 7) is 10.6. The lowest BCUT2D eigenvalue weighted by Crippen LogP contribution is -2.18. The Morgan fingerprint density at radius 3 is 2.65 bits per heavy atom. The highest BCUT2D eigenvalue weighted by Crippen LogP contribution is 2.27. The third-order valence-corrected chi connectivity index (χ3v) is 4.15. The molecule has 0 aliphatic carbocycles. The minimum absolute atomic E-state index is 0.293. The molecular weight excluding hydrogens is 246 g/mol. The van der Waals surface area contributed by atoms with Gasteiger partial charge in [0.25, 0.3) is 0 Å². The van der Waals surface area contributed by atoms with Crippen molar-refractivity contribution in [1.82, 2.24) is 9.55 Å². The van der Waals surface area contributed by atoms with Crippen molar-refractivity contribution in [2.24, 2.45) is 11.1 Å². The van der Waals surface area contributed by atoms with Crippen LogP contribution in [-0.2, 0) is 13.0 Å². The van der Waals surface area contributed by atoms with Crippen molar-refractivity contribution in [2.75, 3.05) is 6.54 Å². The SMILES string of the molecule is CCn1c(CCC(C)(C)CCN)nc2cc(C)ccc21. The Balaban J connectivity index is 2.25. The summed E-state index contributed by atoms with van der Waals surface area (Å²) < 4.78 is 2.34. The van der Waals surface area contributed by atoms with Crippen LogP contribution in [0.1, 0.15) is 45.0 Å². The number of nitrogens with two attached hydrogens (primary N) is 1. The maximum Gasteiger partial charge on any atom is 0.109 e. The second-order valence-electron chi connectivity index (χ2n) is 6.47. The standard InChI is InChI=1S/C17H27N3/c1-5-20-15-7-6-13(2)12-14(15)19-16(20)8-9-17(3,4)10-11-18/h6-7,12H,5,8-11,18H2,1-4H3. The van der Waals surface area contributed by atoms with Crippen LogP contribution < -0.4 is 5.73 Å². The number of fused-ring (bicyclic) bond motifs is 1. The Hall–Kier alpha value is -1.35. The van der Waals surface area contributed by atoms with Crippen molar-refractivity contribution in [3.05, 3.63) is 29.6 Å². The fourth-order valence-corrected chi connectivity index (χ4v) is 2.80. The lowest BCUT2D eigenvalue weighted by molar-refractivity contribution is 0.309. The second kappa shape index (κ2) is 5.96. The Bertz CT molecular complexity index is 581. The first-order valence-corrected chi connectivity index (χ1v) is 7.62. The molecule has 0 aliphatic rings. The zero-order valence-corrected chi connectivity index (χ0v) is 13.2. The van der Waals surface area contributed by atoms with E-state index in [4.69, 9.17) is 10.7 Å². The van der Waals surface area contributed by atoms with Crippen LogP contribution in [-0.4, -0.2) is 16.1 Å². The largest absolute Gasteiger partial charge is 0.330 e. The summed E-state index contributed by atoms with van der Waals surface area (Å²) in [5.41, 5.74) is 9.64. The van der Waals surface area contributed by atoms with Gasteiger partial charge in [0.05, 0.1) is 11.0 Å². The van der Waals surface area contributed by atoms with Crippen molar-refractivity contribution < 1.29 is 0 Å². The van der Waals surface area contributed by atoms with Gasteiger partial charge < -0.3 is 10.3 Å². The Morgan fingerprint density at radius 1 is 1.25 bits per heavy atom. The van der Waals surface area contributed by atoms with E-state index in [-0.39, 0.29) is 0 Å². The third-order valence-electron chi connectivity index (χ3n) is 4.15. The number of nitrogens with zero attached hydrogens (tertiary/aromatic N) is 2. The minimum atomic E-state index is 0.293. The molecule has 110 valence electrons. The van der Waals surface area contributed by atoms with Gasteiger partial charge in [0.15, 0.2) is 0 Å². The van der Waals surface area contributed by atoms with Crippen LogP contribution in [0.3, 0.4) is 0 Å². The number of benzene rings is 1. The Kier molecular flexibility index (Phi) is 4.48. The van der Waals surface area contributed by atoms with Crippen LogP contribution in [0.4, 0.5) is 0 Å². The normalized spacial score (nSPS) is 12.2. The summed E-state index contributed by atoms with van der Waals surface area (Å²) in [6.07, 6.45) is 3.22. The fraction of sp³-hybridized carbons (Fsp3) is 0.588. The van der Waals surface area contributed by atoms with Crippen LogP contribution in [0.5, 0.6) is 0 Å². The van der Waals surface area contributed by atoms with Gasteiger partial charge in [-0.15, -0.1) is 0 Å². The molecule has 0 saturated carbocycles. The molecule has 20 heavy (non-hydrogen) atoms. The van der Waals surface area contributed by atoms with E-state index in [1.54, 1.807) is 0 Å². The van der Waals surface area contributed by atoms with Crippen LogP contribution in [0.2, 0.25) is 0 Å². The van der Waals surface area contributed by atoms with Crippen LogP contribution >= 0.6 is 0 Å². The summed E-state index contributed by atoms with van der Waals surface area (Å²) >= 11 is 0. The summed E-state index contributed by atoms with van der Waals surface area (Å²) in [5, 5.41) is 0. The maximum absolute atomic E-state index is 5.70. The first-order valence-electron chi connectivity index (χ1n) is 7.62. The highest BCUT2D eigenvalue weighted by molar-refractivity contribution is 5.76. The molecule has 0 saturated heterocycles. The first-order chi connectivity index (χ1) is 9.46. The lowest BCUT2D eigenvalue weighted by atomic mass is 9.84. The van der Waals surface area contributed by atoms with Crippen molar-refractivity contribution in [3.63, 3.8) is 0 Å². The van der Waals surface area contributed by atoms with Gasteiger partial charge in [-0.25, -0.2) is 4.98 Å². The molecule has 0 spiro atoms. The predicted molar refractivity (Wildman–Crippen MR) is 85.9 cm³/mol. The van der Waals surface area contributed by atoms with Crippen molar-refractivity contribution in [1.29, 1.82) is 0 Å². The van der Waals surface area contributed by atoms with Gasteiger partial charge in [-0.1, -0.05) is 19.9 Å². The quantitative estimate of drug-likeness (QED) is 0.872. The molecule has 0 bridgehead atoms. The number of hydrogen-bond donors (Lipinski definition) is 1. The molecular formula is C17H27N3. The molecule has 0 fully saturated rings. The fourth-order valence-electron chi connectivity index (χ4n) is 2.80.